The lowest BCUT2D eigenvalue weighted by Crippen LogP contribution is -2.27. The molecule has 0 saturated heterocycles. The monoisotopic (exact) mass is 364 g/mol. The fourth-order valence-electron chi connectivity index (χ4n) is 0. The molecule has 0 aliphatic carbocycles. The molecular weight excluding hydrogens is 312 g/mol. The molecule has 0 aromatic carbocycles. The first-order chi connectivity index (χ1) is 8.00. The number of rotatable bonds is 0. The molecule has 0 atom stereocenters. The van der Waals surface area contributed by atoms with Crippen molar-refractivity contribution in [2.75, 3.05) is 113 Å². The predicted octanol–water partition coefficient (Wildman–Crippen LogP) is 0.582. The van der Waals surface area contributed by atoms with E-state index < -0.39 is 0 Å². The molecule has 0 aliphatic rings. The molecule has 0 aromatic heterocycles. The van der Waals surface area contributed by atoms with Crippen molar-refractivity contribution in [3.8, 4) is 0 Å². The lowest BCUT2D eigenvalue weighted by atomic mass is 10.8. The van der Waals surface area contributed by atoms with Gasteiger partial charge in [0.2, 0.25) is 0 Å². The highest BCUT2D eigenvalue weighted by Crippen LogP contribution is 1.74. The molecule has 0 spiro atoms. The van der Waals surface area contributed by atoms with Crippen LogP contribution in [0.25, 0.3) is 0 Å². The lowest BCUT2D eigenvalue weighted by Gasteiger charge is -2.14. The Kier molecular flexibility index (Phi) is 39.2. The Morgan fingerprint density at radius 3 is 0.208 bits per heavy atom. The van der Waals surface area contributed by atoms with Gasteiger partial charge < -0.3 is 39.8 Å². The lowest BCUT2D eigenvalue weighted by molar-refractivity contribution is -0.849. The van der Waals surface area contributed by atoms with Crippen LogP contribution in [0.3, 0.4) is 0 Å². The van der Waals surface area contributed by atoms with Crippen molar-refractivity contribution in [2.24, 2.45) is 0 Å². The van der Waals surface area contributed by atoms with E-state index in [4.69, 9.17) is 0 Å². The molecule has 0 aromatic rings. The maximum absolute atomic E-state index is 2.12. The SMILES string of the molecule is C[N+](C)(C)C.C[N+](C)(C)C.C[N+](C)(C)C.C[N+](C)(C)C.[OH-].[OH-].[OH-].[OH-]. The average Bonchev–Trinajstić information content (AvgIpc) is 1.62. The Balaban J connectivity index is -0.0000000225. The van der Waals surface area contributed by atoms with Gasteiger partial charge in [-0.2, -0.15) is 0 Å². The molecule has 0 heterocycles. The summed E-state index contributed by atoms with van der Waals surface area (Å²) < 4.78 is 4.00. The summed E-state index contributed by atoms with van der Waals surface area (Å²) in [5.41, 5.74) is 0. The summed E-state index contributed by atoms with van der Waals surface area (Å²) >= 11 is 0. The number of nitrogens with zero attached hydrogens (tertiary/aromatic N) is 4. The minimum Gasteiger partial charge on any atom is -0.870 e. The molecule has 0 aliphatic heterocycles. The van der Waals surface area contributed by atoms with Crippen LogP contribution in [-0.4, -0.2) is 153 Å². The largest absolute Gasteiger partial charge is 0.870 e. The van der Waals surface area contributed by atoms with Crippen LogP contribution in [0.1, 0.15) is 0 Å². The van der Waals surface area contributed by atoms with E-state index in [0.29, 0.717) is 0 Å². The summed E-state index contributed by atoms with van der Waals surface area (Å²) in [4.78, 5) is 0. The molecule has 4 N–H and O–H groups in total. The van der Waals surface area contributed by atoms with Gasteiger partial charge in [0.05, 0.1) is 113 Å². The first-order valence-corrected chi connectivity index (χ1v) is 7.16. The highest BCUT2D eigenvalue weighted by molar-refractivity contribution is 3.88. The third kappa shape index (κ3) is 90500. The predicted molar refractivity (Wildman–Crippen MR) is 104 cm³/mol. The van der Waals surface area contributed by atoms with Crippen molar-refractivity contribution in [2.45, 2.75) is 0 Å². The van der Waals surface area contributed by atoms with Gasteiger partial charge in [-0.3, -0.25) is 0 Å². The smallest absolute Gasteiger partial charge is 0.0675 e. The van der Waals surface area contributed by atoms with E-state index in [1.54, 1.807) is 0 Å². The Bertz CT molecular complexity index is 140. The molecular formula is C16H52N4O4. The summed E-state index contributed by atoms with van der Waals surface area (Å²) in [7, 11) is 34.0. The summed E-state index contributed by atoms with van der Waals surface area (Å²) in [6, 6.07) is 0. The van der Waals surface area contributed by atoms with E-state index in [0.717, 1.165) is 17.9 Å². The van der Waals surface area contributed by atoms with Gasteiger partial charge in [0.25, 0.3) is 0 Å². The maximum Gasteiger partial charge on any atom is 0.0675 e. The molecule has 0 bridgehead atoms. The molecule has 0 fully saturated rings. The molecule has 24 heavy (non-hydrogen) atoms. The van der Waals surface area contributed by atoms with Gasteiger partial charge in [0.1, 0.15) is 0 Å². The van der Waals surface area contributed by atoms with Crippen molar-refractivity contribution in [3.63, 3.8) is 0 Å². The Labute approximate surface area is 153 Å². The van der Waals surface area contributed by atoms with E-state index >= 15 is 0 Å². The maximum atomic E-state index is 2.12. The second-order valence-corrected chi connectivity index (χ2v) is 10.7. The normalized spacial score (nSPS) is 10.0. The standard InChI is InChI=1S/4C4H12N.4H2O/c4*1-5(2,3)4;;;;/h4*1-4H3;4*1H2/q4*+1;;;;/p-4. The first-order valence-electron chi connectivity index (χ1n) is 7.16. The van der Waals surface area contributed by atoms with E-state index in [2.05, 4.69) is 113 Å². The summed E-state index contributed by atoms with van der Waals surface area (Å²) in [6.07, 6.45) is 0. The van der Waals surface area contributed by atoms with Crippen LogP contribution in [0, 0.1) is 0 Å². The minimum absolute atomic E-state index is 0. The quantitative estimate of drug-likeness (QED) is 0.584. The van der Waals surface area contributed by atoms with Crippen molar-refractivity contribution < 1.29 is 39.8 Å². The Morgan fingerprint density at radius 1 is 0.208 bits per heavy atom. The highest BCUT2D eigenvalue weighted by atomic mass is 16.0. The van der Waals surface area contributed by atoms with E-state index in [9.17, 15) is 0 Å². The third-order valence-electron chi connectivity index (χ3n) is 0. The van der Waals surface area contributed by atoms with Crippen molar-refractivity contribution >= 4 is 0 Å². The first kappa shape index (κ1) is 49.5. The van der Waals surface area contributed by atoms with Crippen LogP contribution in [0.2, 0.25) is 0 Å². The average molecular weight is 365 g/mol. The topological polar surface area (TPSA) is 120 Å². The van der Waals surface area contributed by atoms with E-state index in [1.807, 2.05) is 0 Å². The molecule has 8 nitrogen and oxygen atoms in total. The molecule has 0 saturated carbocycles. The van der Waals surface area contributed by atoms with Gasteiger partial charge in [-0.25, -0.2) is 0 Å². The van der Waals surface area contributed by atoms with Crippen LogP contribution in [0.4, 0.5) is 0 Å². The fraction of sp³-hybridized carbons (Fsp3) is 1.00. The Morgan fingerprint density at radius 2 is 0.208 bits per heavy atom. The fourth-order valence-corrected chi connectivity index (χ4v) is 0. The van der Waals surface area contributed by atoms with Crippen LogP contribution in [-0.2, 0) is 0 Å². The Hall–Kier alpha value is -0.320. The molecule has 0 radical (unpaired) electrons. The van der Waals surface area contributed by atoms with Crippen LogP contribution < -0.4 is 0 Å². The van der Waals surface area contributed by atoms with Crippen LogP contribution in [0.5, 0.6) is 0 Å². The highest BCUT2D eigenvalue weighted by Gasteiger charge is 1.89. The van der Waals surface area contributed by atoms with Gasteiger partial charge in [-0.15, -0.1) is 0 Å². The summed E-state index contributed by atoms with van der Waals surface area (Å²) in [5.74, 6) is 0. The zero-order chi connectivity index (χ0) is 18.0. The number of hydrogen-bond acceptors (Lipinski definition) is 4. The van der Waals surface area contributed by atoms with Crippen molar-refractivity contribution in [1.29, 1.82) is 0 Å². The molecule has 0 amide bonds. The second kappa shape index (κ2) is 19.0. The third-order valence-corrected chi connectivity index (χ3v) is 0. The molecule has 0 unspecified atom stereocenters. The van der Waals surface area contributed by atoms with Crippen molar-refractivity contribution in [1.82, 2.24) is 0 Å². The molecule has 8 heteroatoms. The van der Waals surface area contributed by atoms with Crippen LogP contribution in [0.15, 0.2) is 0 Å². The summed E-state index contributed by atoms with van der Waals surface area (Å²) in [5, 5.41) is 0. The van der Waals surface area contributed by atoms with Crippen molar-refractivity contribution in [3.05, 3.63) is 0 Å². The summed E-state index contributed by atoms with van der Waals surface area (Å²) in [6.45, 7) is 0. The second-order valence-electron chi connectivity index (χ2n) is 10.7. The van der Waals surface area contributed by atoms with Gasteiger partial charge in [-0.1, -0.05) is 0 Å². The van der Waals surface area contributed by atoms with Gasteiger partial charge in [-0.05, 0) is 0 Å². The molecule has 0 rings (SSSR count). The van der Waals surface area contributed by atoms with E-state index in [1.165, 1.54) is 0 Å². The zero-order valence-corrected chi connectivity index (χ0v) is 19.6. The van der Waals surface area contributed by atoms with Gasteiger partial charge >= 0.3 is 0 Å². The number of quaternary nitrogens is 4. The molecule has 160 valence electrons. The number of hydrogen-bond donors (Lipinski definition) is 0. The van der Waals surface area contributed by atoms with Gasteiger partial charge in [0.15, 0.2) is 0 Å². The zero-order valence-electron chi connectivity index (χ0n) is 19.6. The van der Waals surface area contributed by atoms with Crippen LogP contribution >= 0.6 is 0 Å². The minimum atomic E-state index is 0. The van der Waals surface area contributed by atoms with Gasteiger partial charge in [0, 0.05) is 0 Å². The van der Waals surface area contributed by atoms with E-state index in [-0.39, 0.29) is 21.9 Å².